The lowest BCUT2D eigenvalue weighted by atomic mass is 10.2. The molecule has 2 N–H and O–H groups in total. The Morgan fingerprint density at radius 2 is 1.76 bits per heavy atom. The second-order valence-electron chi connectivity index (χ2n) is 5.64. The summed E-state index contributed by atoms with van der Waals surface area (Å²) in [5.74, 6) is 0.772. The van der Waals surface area contributed by atoms with Gasteiger partial charge in [-0.2, -0.15) is 0 Å². The molecule has 2 aromatic rings. The lowest BCUT2D eigenvalue weighted by Crippen LogP contribution is -2.36. The van der Waals surface area contributed by atoms with Crippen molar-refractivity contribution in [2.45, 2.75) is 13.1 Å². The predicted octanol–water partition coefficient (Wildman–Crippen LogP) is 2.94. The van der Waals surface area contributed by atoms with E-state index >= 15 is 0 Å². The molecule has 1 aliphatic heterocycles. The molecular formula is C19H24IN5. The largest absolute Gasteiger partial charge is 0.364 e. The molecule has 6 heteroatoms. The summed E-state index contributed by atoms with van der Waals surface area (Å²) in [6, 6.07) is 14.6. The number of hydrogen-bond donors (Lipinski definition) is 2. The highest BCUT2D eigenvalue weighted by molar-refractivity contribution is 14.0. The number of nitrogens with one attached hydrogen (secondary N) is 2. The molecule has 1 aromatic heterocycles. The molecule has 25 heavy (non-hydrogen) atoms. The Labute approximate surface area is 166 Å². The zero-order valence-electron chi connectivity index (χ0n) is 14.4. The maximum absolute atomic E-state index is 4.30. The average Bonchev–Trinajstić information content (AvgIpc) is 3.18. The van der Waals surface area contributed by atoms with E-state index in [1.165, 1.54) is 11.3 Å². The summed E-state index contributed by atoms with van der Waals surface area (Å²) in [7, 11) is 1.78. The van der Waals surface area contributed by atoms with E-state index in [-0.39, 0.29) is 24.0 Å². The van der Waals surface area contributed by atoms with Gasteiger partial charge in [0.15, 0.2) is 5.96 Å². The van der Waals surface area contributed by atoms with Crippen molar-refractivity contribution in [1.82, 2.24) is 15.6 Å². The van der Waals surface area contributed by atoms with Gasteiger partial charge in [0.25, 0.3) is 0 Å². The number of guanidine groups is 1. The van der Waals surface area contributed by atoms with E-state index in [1.54, 1.807) is 13.2 Å². The van der Waals surface area contributed by atoms with E-state index in [2.05, 4.69) is 61.9 Å². The first-order chi connectivity index (χ1) is 11.8. The van der Waals surface area contributed by atoms with Gasteiger partial charge >= 0.3 is 0 Å². The molecule has 0 radical (unpaired) electrons. The third-order valence-electron chi connectivity index (χ3n) is 3.97. The van der Waals surface area contributed by atoms with Gasteiger partial charge in [-0.25, -0.2) is 0 Å². The van der Waals surface area contributed by atoms with Gasteiger partial charge in [-0.15, -0.1) is 24.0 Å². The summed E-state index contributed by atoms with van der Waals surface area (Å²) in [4.78, 5) is 10.9. The van der Waals surface area contributed by atoms with Crippen LogP contribution in [0.2, 0.25) is 0 Å². The van der Waals surface area contributed by atoms with E-state index in [0.717, 1.165) is 31.3 Å². The van der Waals surface area contributed by atoms with Crippen molar-refractivity contribution in [3.63, 3.8) is 0 Å². The van der Waals surface area contributed by atoms with Gasteiger partial charge in [0.2, 0.25) is 0 Å². The van der Waals surface area contributed by atoms with Crippen LogP contribution in [0.5, 0.6) is 0 Å². The molecule has 1 aromatic carbocycles. The van der Waals surface area contributed by atoms with Gasteiger partial charge in [0.1, 0.15) is 0 Å². The molecule has 0 fully saturated rings. The Morgan fingerprint density at radius 3 is 2.40 bits per heavy atom. The van der Waals surface area contributed by atoms with Gasteiger partial charge in [-0.05, 0) is 29.8 Å². The normalized spacial score (nSPS) is 13.5. The van der Waals surface area contributed by atoms with Crippen molar-refractivity contribution in [2.24, 2.45) is 4.99 Å². The first-order valence-corrected chi connectivity index (χ1v) is 8.18. The number of anilines is 1. The zero-order chi connectivity index (χ0) is 16.6. The van der Waals surface area contributed by atoms with Crippen molar-refractivity contribution in [3.8, 4) is 0 Å². The fourth-order valence-corrected chi connectivity index (χ4v) is 2.60. The maximum Gasteiger partial charge on any atom is 0.191 e. The minimum atomic E-state index is 0. The van der Waals surface area contributed by atoms with Crippen LogP contribution in [0.4, 0.5) is 5.69 Å². The number of hydrogen-bond acceptors (Lipinski definition) is 3. The second-order valence-corrected chi connectivity index (χ2v) is 5.64. The fraction of sp³-hybridized carbons (Fsp3) is 0.263. The van der Waals surface area contributed by atoms with Crippen LogP contribution >= 0.6 is 24.0 Å². The monoisotopic (exact) mass is 449 g/mol. The molecule has 0 amide bonds. The van der Waals surface area contributed by atoms with E-state index in [9.17, 15) is 0 Å². The minimum Gasteiger partial charge on any atom is -0.364 e. The van der Waals surface area contributed by atoms with Crippen molar-refractivity contribution in [1.29, 1.82) is 0 Å². The summed E-state index contributed by atoms with van der Waals surface area (Å²) < 4.78 is 0. The molecule has 3 rings (SSSR count). The van der Waals surface area contributed by atoms with Gasteiger partial charge < -0.3 is 15.5 Å². The van der Waals surface area contributed by atoms with Crippen LogP contribution in [-0.4, -0.2) is 31.1 Å². The van der Waals surface area contributed by atoms with Crippen LogP contribution < -0.4 is 15.5 Å². The quantitative estimate of drug-likeness (QED) is 0.319. The van der Waals surface area contributed by atoms with E-state index in [4.69, 9.17) is 0 Å². The summed E-state index contributed by atoms with van der Waals surface area (Å²) >= 11 is 0. The van der Waals surface area contributed by atoms with Crippen LogP contribution in [-0.2, 0) is 13.1 Å². The number of pyridine rings is 1. The summed E-state index contributed by atoms with van der Waals surface area (Å²) in [5, 5.41) is 6.60. The number of benzene rings is 1. The van der Waals surface area contributed by atoms with Gasteiger partial charge in [0.05, 0.1) is 12.2 Å². The lowest BCUT2D eigenvalue weighted by molar-refractivity contribution is 0.794. The molecule has 5 nitrogen and oxygen atoms in total. The highest BCUT2D eigenvalue weighted by atomic mass is 127. The Kier molecular flexibility index (Phi) is 7.72. The number of nitrogens with zero attached hydrogens (tertiary/aromatic N) is 3. The van der Waals surface area contributed by atoms with E-state index in [0.29, 0.717) is 6.54 Å². The predicted molar refractivity (Wildman–Crippen MR) is 114 cm³/mol. The molecule has 0 saturated carbocycles. The Morgan fingerprint density at radius 1 is 1.04 bits per heavy atom. The SMILES string of the molecule is CN=C(NCc1ccc(N2CC=CC2)cc1)NCc1ccccn1.I. The second kappa shape index (κ2) is 10.0. The maximum atomic E-state index is 4.30. The van der Waals surface area contributed by atoms with Gasteiger partial charge in [0, 0.05) is 38.6 Å². The first kappa shape index (κ1) is 19.2. The lowest BCUT2D eigenvalue weighted by Gasteiger charge is -2.18. The first-order valence-electron chi connectivity index (χ1n) is 8.18. The standard InChI is InChI=1S/C19H23N5.HI/c1-20-19(23-15-17-6-2-3-11-21-17)22-14-16-7-9-18(10-8-16)24-12-4-5-13-24;/h2-11H,12-15H2,1H3,(H2,20,22,23);1H. The van der Waals surface area contributed by atoms with Crippen LogP contribution in [0.1, 0.15) is 11.3 Å². The molecule has 0 bridgehead atoms. The highest BCUT2D eigenvalue weighted by Crippen LogP contribution is 2.17. The fourth-order valence-electron chi connectivity index (χ4n) is 2.60. The minimum absolute atomic E-state index is 0. The van der Waals surface area contributed by atoms with Crippen LogP contribution in [0.15, 0.2) is 65.8 Å². The summed E-state index contributed by atoms with van der Waals surface area (Å²) in [6.07, 6.45) is 6.20. The van der Waals surface area contributed by atoms with E-state index < -0.39 is 0 Å². The topological polar surface area (TPSA) is 52.6 Å². The number of rotatable bonds is 5. The Hall–Kier alpha value is -2.09. The third kappa shape index (κ3) is 5.74. The summed E-state index contributed by atoms with van der Waals surface area (Å²) in [5.41, 5.74) is 3.48. The molecule has 0 aliphatic carbocycles. The van der Waals surface area contributed by atoms with Crippen LogP contribution in [0.3, 0.4) is 0 Å². The van der Waals surface area contributed by atoms with Crippen molar-refractivity contribution < 1.29 is 0 Å². The molecule has 1 aliphatic rings. The number of halogens is 1. The van der Waals surface area contributed by atoms with Crippen molar-refractivity contribution in [3.05, 3.63) is 72.1 Å². The third-order valence-corrected chi connectivity index (χ3v) is 3.97. The van der Waals surface area contributed by atoms with Crippen LogP contribution in [0.25, 0.3) is 0 Å². The molecule has 0 unspecified atom stereocenters. The number of aliphatic imine (C=N–C) groups is 1. The number of aromatic nitrogens is 1. The van der Waals surface area contributed by atoms with Crippen molar-refractivity contribution >= 4 is 35.6 Å². The Bertz CT molecular complexity index is 690. The van der Waals surface area contributed by atoms with E-state index in [1.807, 2.05) is 18.2 Å². The molecule has 0 saturated heterocycles. The smallest absolute Gasteiger partial charge is 0.191 e. The molecular weight excluding hydrogens is 425 g/mol. The van der Waals surface area contributed by atoms with Gasteiger partial charge in [-0.3, -0.25) is 9.98 Å². The average molecular weight is 449 g/mol. The molecule has 0 spiro atoms. The molecule has 132 valence electrons. The van der Waals surface area contributed by atoms with Gasteiger partial charge in [-0.1, -0.05) is 30.4 Å². The molecule has 0 atom stereocenters. The zero-order valence-corrected chi connectivity index (χ0v) is 16.7. The van der Waals surface area contributed by atoms with Crippen molar-refractivity contribution in [2.75, 3.05) is 25.0 Å². The Balaban J connectivity index is 0.00000225. The molecule has 2 heterocycles. The highest BCUT2D eigenvalue weighted by Gasteiger charge is 2.07. The summed E-state index contributed by atoms with van der Waals surface area (Å²) in [6.45, 7) is 3.39. The van der Waals surface area contributed by atoms with Crippen LogP contribution in [0, 0.1) is 0 Å².